The first-order valence-corrected chi connectivity index (χ1v) is 5.28. The van der Waals surface area contributed by atoms with E-state index in [9.17, 15) is 0 Å². The lowest BCUT2D eigenvalue weighted by molar-refractivity contribution is 0.321. The van der Waals surface area contributed by atoms with Crippen LogP contribution in [-0.2, 0) is 6.42 Å². The average Bonchev–Trinajstić information content (AvgIpc) is 2.30. The summed E-state index contributed by atoms with van der Waals surface area (Å²) in [6.07, 6.45) is 5.07. The van der Waals surface area contributed by atoms with E-state index in [-0.39, 0.29) is 0 Å². The highest BCUT2D eigenvalue weighted by atomic mass is 15.2. The van der Waals surface area contributed by atoms with E-state index >= 15 is 0 Å². The van der Waals surface area contributed by atoms with Gasteiger partial charge in [0.2, 0.25) is 0 Å². The van der Waals surface area contributed by atoms with Crippen LogP contribution in [0.5, 0.6) is 0 Å². The summed E-state index contributed by atoms with van der Waals surface area (Å²) in [7, 11) is 0. The molecule has 2 heterocycles. The van der Waals surface area contributed by atoms with Gasteiger partial charge in [-0.15, -0.1) is 0 Å². The van der Waals surface area contributed by atoms with Crippen LogP contribution in [0.2, 0.25) is 0 Å². The minimum Gasteiger partial charge on any atom is -0.329 e. The summed E-state index contributed by atoms with van der Waals surface area (Å²) in [6.45, 7) is 8.98. The number of nitrogens with zero attached hydrogens (tertiary/aromatic N) is 2. The van der Waals surface area contributed by atoms with Crippen LogP contribution in [0.4, 0.5) is 0 Å². The summed E-state index contributed by atoms with van der Waals surface area (Å²) in [5, 5.41) is 3.29. The summed E-state index contributed by atoms with van der Waals surface area (Å²) in [6, 6.07) is 0.634. The van der Waals surface area contributed by atoms with Crippen molar-refractivity contribution in [2.75, 3.05) is 13.1 Å². The Morgan fingerprint density at radius 2 is 2.21 bits per heavy atom. The second-order valence-corrected chi connectivity index (χ2v) is 5.34. The van der Waals surface area contributed by atoms with Crippen LogP contribution in [0.25, 0.3) is 0 Å². The molecule has 0 radical (unpaired) electrons. The molecule has 0 aliphatic carbocycles. The molecular weight excluding hydrogens is 174 g/mol. The van der Waals surface area contributed by atoms with Crippen molar-refractivity contribution < 1.29 is 0 Å². The van der Waals surface area contributed by atoms with E-state index in [1.807, 2.05) is 12.5 Å². The molecule has 2 rings (SSSR count). The fourth-order valence-corrected chi connectivity index (χ4v) is 1.81. The number of hydrogen-bond acceptors (Lipinski definition) is 2. The molecule has 1 saturated heterocycles. The largest absolute Gasteiger partial charge is 0.329 e. The van der Waals surface area contributed by atoms with Crippen LogP contribution in [0.15, 0.2) is 12.5 Å². The lowest BCUT2D eigenvalue weighted by Gasteiger charge is -2.31. The highest BCUT2D eigenvalue weighted by Crippen LogP contribution is 2.23. The Bertz CT molecular complexity index is 305. The van der Waals surface area contributed by atoms with Gasteiger partial charge < -0.3 is 9.88 Å². The molecule has 3 nitrogen and oxygen atoms in total. The predicted molar refractivity (Wildman–Crippen MR) is 57.3 cm³/mol. The summed E-state index contributed by atoms with van der Waals surface area (Å²) in [5.74, 6) is 0. The Balaban J connectivity index is 2.13. The summed E-state index contributed by atoms with van der Waals surface area (Å²) < 4.78 is 2.32. The second-order valence-electron chi connectivity index (χ2n) is 5.34. The molecule has 0 unspecified atom stereocenters. The molecule has 78 valence electrons. The molecule has 0 atom stereocenters. The lowest BCUT2D eigenvalue weighted by atomic mass is 9.90. The third-order valence-electron chi connectivity index (χ3n) is 2.61. The van der Waals surface area contributed by atoms with Crippen molar-refractivity contribution >= 4 is 0 Å². The van der Waals surface area contributed by atoms with Gasteiger partial charge in [-0.3, -0.25) is 0 Å². The van der Waals surface area contributed by atoms with Gasteiger partial charge in [-0.2, -0.15) is 0 Å². The first kappa shape index (κ1) is 9.71. The molecule has 1 aliphatic rings. The van der Waals surface area contributed by atoms with Crippen molar-refractivity contribution in [1.29, 1.82) is 0 Å². The third-order valence-corrected chi connectivity index (χ3v) is 2.61. The standard InChI is InChI=1S/C11H19N3/c1-11(2,3)4-9-5-13-8-14(9)10-6-12-7-10/h5,8,10,12H,4,6-7H2,1-3H3. The van der Waals surface area contributed by atoms with E-state index in [1.165, 1.54) is 5.69 Å². The Labute approximate surface area is 85.5 Å². The molecule has 1 fully saturated rings. The number of aromatic nitrogens is 2. The van der Waals surface area contributed by atoms with Crippen molar-refractivity contribution in [3.05, 3.63) is 18.2 Å². The lowest BCUT2D eigenvalue weighted by Crippen LogP contribution is -2.43. The van der Waals surface area contributed by atoms with Crippen molar-refractivity contribution in [2.45, 2.75) is 33.2 Å². The van der Waals surface area contributed by atoms with Crippen LogP contribution >= 0.6 is 0 Å². The molecule has 0 bridgehead atoms. The predicted octanol–water partition coefficient (Wildman–Crippen LogP) is 1.62. The van der Waals surface area contributed by atoms with Gasteiger partial charge in [0.25, 0.3) is 0 Å². The average molecular weight is 193 g/mol. The number of nitrogens with one attached hydrogen (secondary N) is 1. The maximum absolute atomic E-state index is 4.24. The normalized spacial score (nSPS) is 18.2. The van der Waals surface area contributed by atoms with Gasteiger partial charge in [0.15, 0.2) is 0 Å². The fraction of sp³-hybridized carbons (Fsp3) is 0.727. The van der Waals surface area contributed by atoms with Crippen LogP contribution in [0.1, 0.15) is 32.5 Å². The highest BCUT2D eigenvalue weighted by Gasteiger charge is 2.22. The van der Waals surface area contributed by atoms with Crippen molar-refractivity contribution in [1.82, 2.24) is 14.9 Å². The molecule has 1 aliphatic heterocycles. The van der Waals surface area contributed by atoms with Crippen molar-refractivity contribution in [3.63, 3.8) is 0 Å². The van der Waals surface area contributed by atoms with E-state index < -0.39 is 0 Å². The zero-order valence-corrected chi connectivity index (χ0v) is 9.25. The molecule has 1 aromatic rings. The zero-order valence-electron chi connectivity index (χ0n) is 9.25. The summed E-state index contributed by atoms with van der Waals surface area (Å²) in [4.78, 5) is 4.24. The molecule has 0 saturated carbocycles. The smallest absolute Gasteiger partial charge is 0.0951 e. The Morgan fingerprint density at radius 1 is 1.50 bits per heavy atom. The SMILES string of the molecule is CC(C)(C)Cc1cncn1C1CNC1. The quantitative estimate of drug-likeness (QED) is 0.773. The van der Waals surface area contributed by atoms with Gasteiger partial charge in [0, 0.05) is 25.0 Å². The Hall–Kier alpha value is -0.830. The molecule has 0 aromatic carbocycles. The van der Waals surface area contributed by atoms with Gasteiger partial charge in [-0.25, -0.2) is 4.98 Å². The number of imidazole rings is 1. The Kier molecular flexibility index (Phi) is 2.35. The summed E-state index contributed by atoms with van der Waals surface area (Å²) in [5.41, 5.74) is 1.71. The highest BCUT2D eigenvalue weighted by molar-refractivity contribution is 5.05. The maximum Gasteiger partial charge on any atom is 0.0951 e. The zero-order chi connectivity index (χ0) is 10.2. The van der Waals surface area contributed by atoms with E-state index in [4.69, 9.17) is 0 Å². The van der Waals surface area contributed by atoms with Crippen LogP contribution < -0.4 is 5.32 Å². The first-order valence-electron chi connectivity index (χ1n) is 5.28. The summed E-state index contributed by atoms with van der Waals surface area (Å²) >= 11 is 0. The fourth-order valence-electron chi connectivity index (χ4n) is 1.81. The first-order chi connectivity index (χ1) is 6.56. The third kappa shape index (κ3) is 1.98. The van der Waals surface area contributed by atoms with E-state index in [0.29, 0.717) is 11.5 Å². The van der Waals surface area contributed by atoms with Gasteiger partial charge in [-0.05, 0) is 11.8 Å². The van der Waals surface area contributed by atoms with Gasteiger partial charge >= 0.3 is 0 Å². The van der Waals surface area contributed by atoms with E-state index in [0.717, 1.165) is 19.5 Å². The molecule has 1 N–H and O–H groups in total. The van der Waals surface area contributed by atoms with Crippen LogP contribution in [0, 0.1) is 5.41 Å². The molecule has 1 aromatic heterocycles. The number of hydrogen-bond donors (Lipinski definition) is 1. The van der Waals surface area contributed by atoms with Crippen LogP contribution in [-0.4, -0.2) is 22.6 Å². The Morgan fingerprint density at radius 3 is 2.71 bits per heavy atom. The van der Waals surface area contributed by atoms with Gasteiger partial charge in [0.05, 0.1) is 12.4 Å². The molecule has 0 spiro atoms. The molecule has 14 heavy (non-hydrogen) atoms. The monoisotopic (exact) mass is 193 g/mol. The van der Waals surface area contributed by atoms with E-state index in [1.54, 1.807) is 0 Å². The van der Waals surface area contributed by atoms with Crippen LogP contribution in [0.3, 0.4) is 0 Å². The minimum atomic E-state index is 0.342. The minimum absolute atomic E-state index is 0.342. The second kappa shape index (κ2) is 3.39. The van der Waals surface area contributed by atoms with Crippen molar-refractivity contribution in [3.8, 4) is 0 Å². The van der Waals surface area contributed by atoms with Crippen molar-refractivity contribution in [2.24, 2.45) is 5.41 Å². The maximum atomic E-state index is 4.24. The molecule has 3 heteroatoms. The molecular formula is C11H19N3. The molecule has 0 amide bonds. The topological polar surface area (TPSA) is 29.9 Å². The van der Waals surface area contributed by atoms with Gasteiger partial charge in [0.1, 0.15) is 0 Å². The van der Waals surface area contributed by atoms with E-state index in [2.05, 4.69) is 35.6 Å². The van der Waals surface area contributed by atoms with Gasteiger partial charge in [-0.1, -0.05) is 20.8 Å². The number of rotatable bonds is 2.